The van der Waals surface area contributed by atoms with Gasteiger partial charge in [0, 0.05) is 28.7 Å². The molecule has 0 aliphatic carbocycles. The van der Waals surface area contributed by atoms with E-state index in [0.717, 1.165) is 29.1 Å². The monoisotopic (exact) mass is 367 g/mol. The van der Waals surface area contributed by atoms with E-state index in [1.807, 2.05) is 43.2 Å². The van der Waals surface area contributed by atoms with E-state index in [-0.39, 0.29) is 11.9 Å². The molecule has 7 heteroatoms. The lowest BCUT2D eigenvalue weighted by Crippen LogP contribution is -2.37. The molecule has 1 atom stereocenters. The van der Waals surface area contributed by atoms with Crippen molar-refractivity contribution in [1.82, 2.24) is 19.6 Å². The second kappa shape index (κ2) is 6.39. The van der Waals surface area contributed by atoms with Gasteiger partial charge in [-0.15, -0.1) is 5.10 Å². The highest BCUT2D eigenvalue weighted by Gasteiger charge is 2.31. The maximum absolute atomic E-state index is 13.1. The summed E-state index contributed by atoms with van der Waals surface area (Å²) >= 11 is 1.48. The summed E-state index contributed by atoms with van der Waals surface area (Å²) in [4.78, 5) is 24.0. The zero-order valence-corrected chi connectivity index (χ0v) is 16.2. The van der Waals surface area contributed by atoms with Crippen LogP contribution in [0.1, 0.15) is 29.4 Å². The van der Waals surface area contributed by atoms with Gasteiger partial charge < -0.3 is 4.90 Å². The first-order valence-corrected chi connectivity index (χ1v) is 9.89. The molecule has 0 saturated carbocycles. The zero-order valence-electron chi connectivity index (χ0n) is 15.4. The summed E-state index contributed by atoms with van der Waals surface area (Å²) in [6.07, 6.45) is 3.15. The standard InChI is InChI=1S/C19H21N5OS/c1-11-9-14-7-5-6-8-16(14)23(11)17(25)10-15-12(2)20-18-21-19(26-4)22-24(18)13(15)3/h5-8,11H,9-10H2,1-4H3. The van der Waals surface area contributed by atoms with Crippen molar-refractivity contribution in [3.63, 3.8) is 0 Å². The number of amides is 1. The van der Waals surface area contributed by atoms with Crippen LogP contribution in [0, 0.1) is 13.8 Å². The number of nitrogens with zero attached hydrogens (tertiary/aromatic N) is 5. The Hall–Kier alpha value is -2.41. The summed E-state index contributed by atoms with van der Waals surface area (Å²) in [6, 6.07) is 8.31. The number of hydrogen-bond donors (Lipinski definition) is 0. The number of benzene rings is 1. The third kappa shape index (κ3) is 2.67. The third-order valence-corrected chi connectivity index (χ3v) is 5.55. The van der Waals surface area contributed by atoms with Crippen molar-refractivity contribution >= 4 is 29.1 Å². The lowest BCUT2D eigenvalue weighted by molar-refractivity contribution is -0.118. The molecule has 26 heavy (non-hydrogen) atoms. The van der Waals surface area contributed by atoms with Crippen LogP contribution in [0.3, 0.4) is 0 Å². The summed E-state index contributed by atoms with van der Waals surface area (Å²) in [5.41, 5.74) is 4.95. The molecular formula is C19H21N5OS. The fraction of sp³-hybridized carbons (Fsp3) is 0.368. The molecule has 3 heterocycles. The molecule has 3 aromatic rings. The molecule has 1 amide bonds. The summed E-state index contributed by atoms with van der Waals surface area (Å²) < 4.78 is 1.74. The predicted molar refractivity (Wildman–Crippen MR) is 103 cm³/mol. The molecule has 1 unspecified atom stereocenters. The molecule has 0 radical (unpaired) electrons. The van der Waals surface area contributed by atoms with Crippen LogP contribution in [0.5, 0.6) is 0 Å². The van der Waals surface area contributed by atoms with E-state index < -0.39 is 0 Å². The van der Waals surface area contributed by atoms with Crippen LogP contribution in [-0.4, -0.2) is 37.8 Å². The Kier molecular flexibility index (Phi) is 4.19. The van der Waals surface area contributed by atoms with E-state index in [9.17, 15) is 4.79 Å². The number of para-hydroxylation sites is 1. The minimum Gasteiger partial charge on any atom is -0.309 e. The number of hydrogen-bond acceptors (Lipinski definition) is 5. The number of anilines is 1. The minimum absolute atomic E-state index is 0.0972. The summed E-state index contributed by atoms with van der Waals surface area (Å²) in [5, 5.41) is 5.16. The molecule has 4 rings (SSSR count). The fourth-order valence-electron chi connectivity index (χ4n) is 3.71. The predicted octanol–water partition coefficient (Wildman–Crippen LogP) is 2.98. The topological polar surface area (TPSA) is 63.4 Å². The molecule has 6 nitrogen and oxygen atoms in total. The van der Waals surface area contributed by atoms with Crippen molar-refractivity contribution < 1.29 is 4.79 Å². The Labute approximate surface area is 156 Å². The van der Waals surface area contributed by atoms with E-state index in [1.165, 1.54) is 17.3 Å². The molecule has 1 aromatic carbocycles. The van der Waals surface area contributed by atoms with Gasteiger partial charge in [-0.1, -0.05) is 30.0 Å². The normalized spacial score (nSPS) is 16.3. The number of fused-ring (bicyclic) bond motifs is 2. The molecule has 1 aliphatic heterocycles. The van der Waals surface area contributed by atoms with Crippen LogP contribution < -0.4 is 4.90 Å². The summed E-state index contributed by atoms with van der Waals surface area (Å²) in [7, 11) is 0. The van der Waals surface area contributed by atoms with Crippen LogP contribution in [0.25, 0.3) is 5.78 Å². The second-order valence-electron chi connectivity index (χ2n) is 6.69. The molecule has 134 valence electrons. The van der Waals surface area contributed by atoms with Crippen LogP contribution in [0.15, 0.2) is 29.4 Å². The van der Waals surface area contributed by atoms with Crippen LogP contribution in [0.4, 0.5) is 5.69 Å². The quantitative estimate of drug-likeness (QED) is 0.666. The van der Waals surface area contributed by atoms with E-state index in [4.69, 9.17) is 0 Å². The lowest BCUT2D eigenvalue weighted by atomic mass is 10.1. The number of carbonyl (C=O) groups excluding carboxylic acids is 1. The van der Waals surface area contributed by atoms with Crippen LogP contribution >= 0.6 is 11.8 Å². The van der Waals surface area contributed by atoms with Crippen molar-refractivity contribution in [2.24, 2.45) is 0 Å². The Morgan fingerprint density at radius 3 is 2.81 bits per heavy atom. The number of aryl methyl sites for hydroxylation is 2. The van der Waals surface area contributed by atoms with Gasteiger partial charge in [-0.2, -0.15) is 4.98 Å². The first-order valence-electron chi connectivity index (χ1n) is 8.66. The Morgan fingerprint density at radius 2 is 2.04 bits per heavy atom. The van der Waals surface area contributed by atoms with Gasteiger partial charge in [0.1, 0.15) is 0 Å². The largest absolute Gasteiger partial charge is 0.309 e. The molecule has 0 saturated heterocycles. The van der Waals surface area contributed by atoms with E-state index in [1.54, 1.807) is 4.52 Å². The smallest absolute Gasteiger partial charge is 0.253 e. The molecule has 1 aliphatic rings. The molecule has 0 N–H and O–H groups in total. The van der Waals surface area contributed by atoms with Crippen molar-refractivity contribution in [2.75, 3.05) is 11.2 Å². The van der Waals surface area contributed by atoms with Gasteiger partial charge >= 0.3 is 0 Å². The molecule has 0 spiro atoms. The second-order valence-corrected chi connectivity index (χ2v) is 7.47. The summed E-state index contributed by atoms with van der Waals surface area (Å²) in [5.74, 6) is 0.681. The number of thioether (sulfide) groups is 1. The van der Waals surface area contributed by atoms with Gasteiger partial charge in [-0.3, -0.25) is 4.79 Å². The van der Waals surface area contributed by atoms with Gasteiger partial charge in [0.2, 0.25) is 11.1 Å². The van der Waals surface area contributed by atoms with E-state index >= 15 is 0 Å². The van der Waals surface area contributed by atoms with Gasteiger partial charge in [0.15, 0.2) is 0 Å². The van der Waals surface area contributed by atoms with Crippen LogP contribution in [0.2, 0.25) is 0 Å². The van der Waals surface area contributed by atoms with Gasteiger partial charge in [-0.05, 0) is 45.1 Å². The third-order valence-electron chi connectivity index (χ3n) is 5.02. The Bertz CT molecular complexity index is 1010. The molecule has 2 aromatic heterocycles. The number of rotatable bonds is 3. The molecule has 0 bridgehead atoms. The van der Waals surface area contributed by atoms with Gasteiger partial charge in [-0.25, -0.2) is 9.50 Å². The first-order chi connectivity index (χ1) is 12.5. The fourth-order valence-corrected chi connectivity index (χ4v) is 4.05. The summed E-state index contributed by atoms with van der Waals surface area (Å²) in [6.45, 7) is 6.01. The zero-order chi connectivity index (χ0) is 18.4. The number of aromatic nitrogens is 4. The van der Waals surface area contributed by atoms with Crippen molar-refractivity contribution in [2.45, 2.75) is 44.8 Å². The number of carbonyl (C=O) groups is 1. The van der Waals surface area contributed by atoms with Crippen molar-refractivity contribution in [3.05, 3.63) is 46.8 Å². The highest BCUT2D eigenvalue weighted by molar-refractivity contribution is 7.98. The highest BCUT2D eigenvalue weighted by Crippen LogP contribution is 2.32. The van der Waals surface area contributed by atoms with Gasteiger partial charge in [0.05, 0.1) is 6.42 Å². The van der Waals surface area contributed by atoms with Crippen molar-refractivity contribution in [3.8, 4) is 0 Å². The highest BCUT2D eigenvalue weighted by atomic mass is 32.2. The van der Waals surface area contributed by atoms with Crippen LogP contribution in [-0.2, 0) is 17.6 Å². The SMILES string of the molecule is CSc1nc2nc(C)c(CC(=O)N3c4ccccc4CC3C)c(C)n2n1. The van der Waals surface area contributed by atoms with E-state index in [0.29, 0.717) is 17.4 Å². The lowest BCUT2D eigenvalue weighted by Gasteiger charge is -2.23. The van der Waals surface area contributed by atoms with Crippen molar-refractivity contribution in [1.29, 1.82) is 0 Å². The first kappa shape index (κ1) is 17.0. The minimum atomic E-state index is 0.0972. The average molecular weight is 367 g/mol. The van der Waals surface area contributed by atoms with Gasteiger partial charge in [0.25, 0.3) is 5.78 Å². The molecular weight excluding hydrogens is 346 g/mol. The molecule has 0 fully saturated rings. The maximum atomic E-state index is 13.1. The Balaban J connectivity index is 1.70. The Morgan fingerprint density at radius 1 is 1.27 bits per heavy atom. The van der Waals surface area contributed by atoms with E-state index in [2.05, 4.69) is 28.1 Å². The average Bonchev–Trinajstić information content (AvgIpc) is 3.18. The maximum Gasteiger partial charge on any atom is 0.253 e.